The molecule has 2 rings (SSSR count). The number of aliphatic carboxylic acids is 1. The van der Waals surface area contributed by atoms with Crippen LogP contribution in [0, 0.1) is 0 Å². The van der Waals surface area contributed by atoms with Gasteiger partial charge in [-0.3, -0.25) is 4.79 Å². The summed E-state index contributed by atoms with van der Waals surface area (Å²) in [6.45, 7) is 2.60. The van der Waals surface area contributed by atoms with Gasteiger partial charge in [-0.2, -0.15) is 0 Å². The summed E-state index contributed by atoms with van der Waals surface area (Å²) in [6.07, 6.45) is 0.413. The van der Waals surface area contributed by atoms with Gasteiger partial charge in [0.05, 0.1) is 13.2 Å². The number of carboxylic acid groups (broad SMARTS) is 1. The molecule has 0 heterocycles. The van der Waals surface area contributed by atoms with Gasteiger partial charge in [0.25, 0.3) is 0 Å². The van der Waals surface area contributed by atoms with Gasteiger partial charge in [0.2, 0.25) is 0 Å². The Kier molecular flexibility index (Phi) is 8.14. The van der Waals surface area contributed by atoms with Crippen LogP contribution in [0.25, 0.3) is 0 Å². The van der Waals surface area contributed by atoms with Crippen molar-refractivity contribution >= 4 is 12.0 Å². The maximum Gasteiger partial charge on any atom is 0.315 e. The smallest absolute Gasteiger partial charge is 0.315 e. The number of hydrogen-bond donors (Lipinski definition) is 3. The Bertz CT molecular complexity index is 780. The molecule has 0 aliphatic carbocycles. The maximum atomic E-state index is 11.9. The fraction of sp³-hybridized carbons (Fsp3) is 0.333. The first kappa shape index (κ1) is 21.1. The zero-order valence-corrected chi connectivity index (χ0v) is 16.1. The molecular formula is C21H26N2O5. The zero-order valence-electron chi connectivity index (χ0n) is 16.1. The third kappa shape index (κ3) is 6.83. The van der Waals surface area contributed by atoms with E-state index in [1.54, 1.807) is 7.11 Å². The highest BCUT2D eigenvalue weighted by Crippen LogP contribution is 2.31. The van der Waals surface area contributed by atoms with E-state index in [-0.39, 0.29) is 18.5 Å². The average Bonchev–Trinajstić information content (AvgIpc) is 2.70. The third-order valence-electron chi connectivity index (χ3n) is 4.13. The Morgan fingerprint density at radius 3 is 2.54 bits per heavy atom. The minimum atomic E-state index is -0.878. The monoisotopic (exact) mass is 386 g/mol. The summed E-state index contributed by atoms with van der Waals surface area (Å²) < 4.78 is 11.3. The van der Waals surface area contributed by atoms with Crippen molar-refractivity contribution in [1.82, 2.24) is 10.6 Å². The lowest BCUT2D eigenvalue weighted by molar-refractivity contribution is -0.137. The van der Waals surface area contributed by atoms with Gasteiger partial charge in [-0.15, -0.1) is 0 Å². The van der Waals surface area contributed by atoms with Crippen LogP contribution in [0.5, 0.6) is 11.5 Å². The van der Waals surface area contributed by atoms with E-state index in [9.17, 15) is 9.59 Å². The number of rotatable bonds is 10. The van der Waals surface area contributed by atoms with E-state index >= 15 is 0 Å². The molecule has 0 spiro atoms. The van der Waals surface area contributed by atoms with Crippen LogP contribution in [0.2, 0.25) is 0 Å². The number of methoxy groups -OCH3 is 1. The molecule has 150 valence electrons. The Hall–Kier alpha value is -3.22. The van der Waals surface area contributed by atoms with E-state index in [4.69, 9.17) is 14.6 Å². The van der Waals surface area contributed by atoms with Gasteiger partial charge in [0, 0.05) is 13.0 Å². The second-order valence-corrected chi connectivity index (χ2v) is 6.30. The minimum Gasteiger partial charge on any atom is -0.493 e. The number of nitrogens with one attached hydrogen (secondary N) is 2. The Labute approximate surface area is 164 Å². The molecule has 2 aromatic rings. The molecule has 2 amide bonds. The summed E-state index contributed by atoms with van der Waals surface area (Å²) >= 11 is 0. The van der Waals surface area contributed by atoms with Crippen LogP contribution < -0.4 is 20.1 Å². The number of amides is 2. The Morgan fingerprint density at radius 2 is 1.86 bits per heavy atom. The van der Waals surface area contributed by atoms with Crippen molar-refractivity contribution in [1.29, 1.82) is 0 Å². The van der Waals surface area contributed by atoms with Crippen LogP contribution in [0.3, 0.4) is 0 Å². The molecule has 0 fully saturated rings. The van der Waals surface area contributed by atoms with Crippen molar-refractivity contribution in [3.63, 3.8) is 0 Å². The van der Waals surface area contributed by atoms with E-state index in [1.165, 1.54) is 0 Å². The summed E-state index contributed by atoms with van der Waals surface area (Å²) in [5.41, 5.74) is 1.92. The molecular weight excluding hydrogens is 360 g/mol. The Morgan fingerprint density at radius 1 is 1.11 bits per heavy atom. The van der Waals surface area contributed by atoms with E-state index < -0.39 is 5.97 Å². The van der Waals surface area contributed by atoms with E-state index in [0.717, 1.165) is 11.1 Å². The van der Waals surface area contributed by atoms with Gasteiger partial charge in [-0.05, 0) is 36.6 Å². The summed E-state index contributed by atoms with van der Waals surface area (Å²) in [5.74, 6) is 0.335. The summed E-state index contributed by atoms with van der Waals surface area (Å²) in [7, 11) is 1.57. The lowest BCUT2D eigenvalue weighted by Gasteiger charge is -2.17. The third-order valence-corrected chi connectivity index (χ3v) is 4.13. The molecule has 7 nitrogen and oxygen atoms in total. The van der Waals surface area contributed by atoms with E-state index in [0.29, 0.717) is 31.1 Å². The van der Waals surface area contributed by atoms with Crippen LogP contribution in [-0.2, 0) is 11.4 Å². The van der Waals surface area contributed by atoms with Crippen molar-refractivity contribution < 1.29 is 24.2 Å². The highest BCUT2D eigenvalue weighted by atomic mass is 16.5. The van der Waals surface area contributed by atoms with Crippen LogP contribution in [0.15, 0.2) is 48.5 Å². The van der Waals surface area contributed by atoms with Gasteiger partial charge >= 0.3 is 12.0 Å². The number of carboxylic acids is 1. The quantitative estimate of drug-likeness (QED) is 0.543. The maximum absolute atomic E-state index is 11.9. The number of benzene rings is 2. The molecule has 1 unspecified atom stereocenters. The van der Waals surface area contributed by atoms with Gasteiger partial charge in [-0.1, -0.05) is 36.4 Å². The molecule has 7 heteroatoms. The zero-order chi connectivity index (χ0) is 20.4. The highest BCUT2D eigenvalue weighted by molar-refractivity contribution is 5.74. The number of carbonyl (C=O) groups excluding carboxylic acids is 1. The second kappa shape index (κ2) is 10.8. The van der Waals surface area contributed by atoms with Crippen LogP contribution in [0.4, 0.5) is 4.79 Å². The van der Waals surface area contributed by atoms with Crippen molar-refractivity contribution in [2.75, 3.05) is 13.7 Å². The molecule has 3 N–H and O–H groups in total. The van der Waals surface area contributed by atoms with Gasteiger partial charge in [0.1, 0.15) is 6.61 Å². The number of ether oxygens (including phenoxy) is 2. The van der Waals surface area contributed by atoms with Crippen molar-refractivity contribution in [3.8, 4) is 11.5 Å². The molecule has 0 aliphatic rings. The molecule has 0 aliphatic heterocycles. The summed E-state index contributed by atoms with van der Waals surface area (Å²) in [5, 5.41) is 14.1. The lowest BCUT2D eigenvalue weighted by Crippen LogP contribution is -2.37. The van der Waals surface area contributed by atoms with Crippen molar-refractivity contribution in [2.24, 2.45) is 0 Å². The SMILES string of the molecule is COc1cc(C(C)NC(=O)NCCCC(=O)O)ccc1OCc1ccccc1. The largest absolute Gasteiger partial charge is 0.493 e. The number of hydrogen-bond acceptors (Lipinski definition) is 4. The van der Waals surface area contributed by atoms with Crippen LogP contribution in [-0.4, -0.2) is 30.8 Å². The Balaban J connectivity index is 1.90. The predicted octanol–water partition coefficient (Wildman–Crippen LogP) is 3.50. The molecule has 0 saturated heterocycles. The molecule has 1 atom stereocenters. The first-order valence-electron chi connectivity index (χ1n) is 9.10. The van der Waals surface area contributed by atoms with Crippen LogP contribution >= 0.6 is 0 Å². The molecule has 0 saturated carbocycles. The summed E-state index contributed by atoms with van der Waals surface area (Å²) in [4.78, 5) is 22.4. The molecule has 0 radical (unpaired) electrons. The first-order valence-corrected chi connectivity index (χ1v) is 9.10. The molecule has 28 heavy (non-hydrogen) atoms. The van der Waals surface area contributed by atoms with E-state index in [1.807, 2.05) is 55.5 Å². The fourth-order valence-electron chi connectivity index (χ4n) is 2.58. The van der Waals surface area contributed by atoms with Crippen LogP contribution in [0.1, 0.15) is 36.9 Å². The standard InChI is InChI=1S/C21H26N2O5/c1-15(23-21(26)22-12-6-9-20(24)25)17-10-11-18(19(13-17)27-2)28-14-16-7-4-3-5-8-16/h3-5,7-8,10-11,13,15H,6,9,12,14H2,1-2H3,(H,24,25)(H2,22,23,26). The summed E-state index contributed by atoms with van der Waals surface area (Å²) in [6, 6.07) is 14.8. The highest BCUT2D eigenvalue weighted by Gasteiger charge is 2.13. The minimum absolute atomic E-state index is 0.0253. The van der Waals surface area contributed by atoms with E-state index in [2.05, 4.69) is 10.6 Å². The predicted molar refractivity (Wildman–Crippen MR) is 106 cm³/mol. The van der Waals surface area contributed by atoms with Gasteiger partial charge < -0.3 is 25.2 Å². The molecule has 0 bridgehead atoms. The first-order chi connectivity index (χ1) is 13.5. The van der Waals surface area contributed by atoms with Crippen molar-refractivity contribution in [3.05, 3.63) is 59.7 Å². The molecule has 0 aromatic heterocycles. The second-order valence-electron chi connectivity index (χ2n) is 6.30. The lowest BCUT2D eigenvalue weighted by atomic mass is 10.1. The van der Waals surface area contributed by atoms with Gasteiger partial charge in [0.15, 0.2) is 11.5 Å². The number of carbonyl (C=O) groups is 2. The number of urea groups is 1. The average molecular weight is 386 g/mol. The molecule has 2 aromatic carbocycles. The normalized spacial score (nSPS) is 11.4. The van der Waals surface area contributed by atoms with Crippen molar-refractivity contribution in [2.45, 2.75) is 32.4 Å². The fourth-order valence-corrected chi connectivity index (χ4v) is 2.58. The topological polar surface area (TPSA) is 96.9 Å². The van der Waals surface area contributed by atoms with Gasteiger partial charge in [-0.25, -0.2) is 4.79 Å².